The van der Waals surface area contributed by atoms with Crippen molar-refractivity contribution in [2.75, 3.05) is 32.6 Å². The van der Waals surface area contributed by atoms with Crippen LogP contribution in [0.15, 0.2) is 29.3 Å². The molecule has 0 saturated carbocycles. The van der Waals surface area contributed by atoms with Gasteiger partial charge in [-0.1, -0.05) is 6.92 Å². The molecule has 0 bridgehead atoms. The number of hydrogen-bond donors (Lipinski definition) is 1. The molecular weight excluding hydrogens is 456 g/mol. The topological polar surface area (TPSA) is 103 Å². The van der Waals surface area contributed by atoms with Crippen LogP contribution in [0.3, 0.4) is 0 Å². The van der Waals surface area contributed by atoms with E-state index in [-0.39, 0.29) is 23.9 Å². The third-order valence-corrected chi connectivity index (χ3v) is 7.41. The Balaban J connectivity index is 1.57. The summed E-state index contributed by atoms with van der Waals surface area (Å²) in [5, 5.41) is 3.20. The molecule has 2 aromatic heterocycles. The van der Waals surface area contributed by atoms with Gasteiger partial charge in [0.2, 0.25) is 5.91 Å². The second-order valence-corrected chi connectivity index (χ2v) is 9.50. The number of piperidine rings is 1. The van der Waals surface area contributed by atoms with Gasteiger partial charge in [0.25, 0.3) is 11.5 Å². The zero-order valence-electron chi connectivity index (χ0n) is 19.7. The highest BCUT2D eigenvalue weighted by atomic mass is 32.1. The molecule has 1 saturated heterocycles. The van der Waals surface area contributed by atoms with E-state index in [2.05, 4.69) is 17.2 Å². The molecule has 0 aliphatic carbocycles. The first-order valence-electron chi connectivity index (χ1n) is 11.1. The molecule has 2 amide bonds. The number of methoxy groups -OCH3 is 2. The number of carbonyl (C=O) groups excluding carboxylic acids is 2. The van der Waals surface area contributed by atoms with Crippen molar-refractivity contribution in [3.63, 3.8) is 0 Å². The summed E-state index contributed by atoms with van der Waals surface area (Å²) in [6.45, 7) is 5.27. The minimum absolute atomic E-state index is 0.0569. The third-order valence-electron chi connectivity index (χ3n) is 6.21. The van der Waals surface area contributed by atoms with Crippen molar-refractivity contribution in [3.05, 3.63) is 45.3 Å². The number of fused-ring (bicyclic) bond motifs is 1. The number of anilines is 1. The number of aryl methyl sites for hydroxylation is 1. The van der Waals surface area contributed by atoms with E-state index in [1.165, 1.54) is 25.1 Å². The van der Waals surface area contributed by atoms with Gasteiger partial charge in [0.05, 0.1) is 30.8 Å². The average molecular weight is 485 g/mol. The summed E-state index contributed by atoms with van der Waals surface area (Å²) in [6.07, 6.45) is 3.33. The summed E-state index contributed by atoms with van der Waals surface area (Å²) < 4.78 is 11.8. The molecule has 3 aromatic rings. The Morgan fingerprint density at radius 1 is 1.18 bits per heavy atom. The van der Waals surface area contributed by atoms with E-state index in [0.717, 1.165) is 24.2 Å². The SMILES string of the molecule is COc1ccc(NC(=O)c2sc3ncn(CC(=O)N4CCC(C)CC4)c(=O)c3c2C)cc1OC. The van der Waals surface area contributed by atoms with Gasteiger partial charge in [-0.2, -0.15) is 0 Å². The molecule has 9 nitrogen and oxygen atoms in total. The Labute approximate surface area is 201 Å². The van der Waals surface area contributed by atoms with Gasteiger partial charge in [-0.25, -0.2) is 4.98 Å². The van der Waals surface area contributed by atoms with Crippen molar-refractivity contribution in [2.24, 2.45) is 5.92 Å². The van der Waals surface area contributed by atoms with Gasteiger partial charge in [0, 0.05) is 24.8 Å². The van der Waals surface area contributed by atoms with Gasteiger partial charge in [-0.3, -0.25) is 19.0 Å². The number of benzene rings is 1. The monoisotopic (exact) mass is 484 g/mol. The zero-order chi connectivity index (χ0) is 24.4. The number of aromatic nitrogens is 2. The first-order valence-corrected chi connectivity index (χ1v) is 11.9. The second kappa shape index (κ2) is 9.84. The van der Waals surface area contributed by atoms with Crippen LogP contribution in [0.4, 0.5) is 5.69 Å². The predicted molar refractivity (Wildman–Crippen MR) is 131 cm³/mol. The number of thiophene rings is 1. The molecule has 0 atom stereocenters. The van der Waals surface area contributed by atoms with Gasteiger partial charge in [0.15, 0.2) is 11.5 Å². The van der Waals surface area contributed by atoms with Crippen LogP contribution in [-0.4, -0.2) is 53.6 Å². The molecule has 0 spiro atoms. The number of rotatable bonds is 6. The van der Waals surface area contributed by atoms with Crippen molar-refractivity contribution in [3.8, 4) is 11.5 Å². The van der Waals surface area contributed by atoms with Crippen LogP contribution in [-0.2, 0) is 11.3 Å². The van der Waals surface area contributed by atoms with Crippen LogP contribution in [0.2, 0.25) is 0 Å². The first-order chi connectivity index (χ1) is 16.3. The number of ether oxygens (including phenoxy) is 2. The third kappa shape index (κ3) is 4.63. The highest BCUT2D eigenvalue weighted by molar-refractivity contribution is 7.20. The molecule has 0 radical (unpaired) electrons. The van der Waals surface area contributed by atoms with E-state index in [0.29, 0.717) is 56.9 Å². The molecule has 0 unspecified atom stereocenters. The molecule has 180 valence electrons. The summed E-state index contributed by atoms with van der Waals surface area (Å²) in [6, 6.07) is 5.07. The Morgan fingerprint density at radius 3 is 2.56 bits per heavy atom. The Kier molecular flexibility index (Phi) is 6.87. The number of hydrogen-bond acceptors (Lipinski definition) is 7. The molecular formula is C24H28N4O5S. The number of likely N-dealkylation sites (tertiary alicyclic amines) is 1. The van der Waals surface area contributed by atoms with Crippen LogP contribution in [0.5, 0.6) is 11.5 Å². The summed E-state index contributed by atoms with van der Waals surface area (Å²) >= 11 is 1.15. The normalized spacial score (nSPS) is 14.3. The van der Waals surface area contributed by atoms with Crippen LogP contribution in [0, 0.1) is 12.8 Å². The largest absolute Gasteiger partial charge is 0.493 e. The van der Waals surface area contributed by atoms with Gasteiger partial charge in [-0.05, 0) is 43.4 Å². The molecule has 4 rings (SSSR count). The fourth-order valence-electron chi connectivity index (χ4n) is 4.09. The molecule has 3 heterocycles. The molecule has 1 aromatic carbocycles. The van der Waals surface area contributed by atoms with Crippen molar-refractivity contribution in [2.45, 2.75) is 33.2 Å². The van der Waals surface area contributed by atoms with Crippen molar-refractivity contribution < 1.29 is 19.1 Å². The van der Waals surface area contributed by atoms with Crippen molar-refractivity contribution >= 4 is 39.1 Å². The Morgan fingerprint density at radius 2 is 1.88 bits per heavy atom. The van der Waals surface area contributed by atoms with E-state index in [9.17, 15) is 14.4 Å². The molecule has 10 heteroatoms. The van der Waals surface area contributed by atoms with Gasteiger partial charge in [0.1, 0.15) is 11.4 Å². The number of amides is 2. The second-order valence-electron chi connectivity index (χ2n) is 8.50. The summed E-state index contributed by atoms with van der Waals surface area (Å²) in [5.41, 5.74) is 0.762. The fourth-order valence-corrected chi connectivity index (χ4v) is 5.13. The lowest BCUT2D eigenvalue weighted by molar-refractivity contribution is -0.133. The van der Waals surface area contributed by atoms with E-state index in [1.807, 2.05) is 0 Å². The Bertz CT molecular complexity index is 1290. The minimum Gasteiger partial charge on any atom is -0.493 e. The highest BCUT2D eigenvalue weighted by Crippen LogP contribution is 2.31. The number of nitrogens with zero attached hydrogens (tertiary/aromatic N) is 3. The summed E-state index contributed by atoms with van der Waals surface area (Å²) in [4.78, 5) is 45.9. The van der Waals surface area contributed by atoms with Gasteiger partial charge in [-0.15, -0.1) is 11.3 Å². The minimum atomic E-state index is -0.350. The lowest BCUT2D eigenvalue weighted by atomic mass is 9.99. The predicted octanol–water partition coefficient (Wildman–Crippen LogP) is 3.29. The highest BCUT2D eigenvalue weighted by Gasteiger charge is 2.23. The molecule has 1 aliphatic heterocycles. The maximum Gasteiger partial charge on any atom is 0.266 e. The quantitative estimate of drug-likeness (QED) is 0.576. The van der Waals surface area contributed by atoms with E-state index >= 15 is 0 Å². The zero-order valence-corrected chi connectivity index (χ0v) is 20.5. The molecule has 1 fully saturated rings. The van der Waals surface area contributed by atoms with Crippen LogP contribution in [0.1, 0.15) is 35.0 Å². The lowest BCUT2D eigenvalue weighted by Gasteiger charge is -2.30. The smallest absolute Gasteiger partial charge is 0.266 e. The van der Waals surface area contributed by atoms with Crippen LogP contribution < -0.4 is 20.3 Å². The maximum absolute atomic E-state index is 13.2. The van der Waals surface area contributed by atoms with E-state index < -0.39 is 0 Å². The van der Waals surface area contributed by atoms with E-state index in [4.69, 9.17) is 9.47 Å². The van der Waals surface area contributed by atoms with Crippen molar-refractivity contribution in [1.29, 1.82) is 0 Å². The number of nitrogens with one attached hydrogen (secondary N) is 1. The van der Waals surface area contributed by atoms with E-state index in [1.54, 1.807) is 30.0 Å². The van der Waals surface area contributed by atoms with Gasteiger partial charge >= 0.3 is 0 Å². The number of carbonyl (C=O) groups is 2. The van der Waals surface area contributed by atoms with Crippen molar-refractivity contribution in [1.82, 2.24) is 14.5 Å². The molecule has 34 heavy (non-hydrogen) atoms. The lowest BCUT2D eigenvalue weighted by Crippen LogP contribution is -2.41. The van der Waals surface area contributed by atoms with Crippen LogP contribution >= 0.6 is 11.3 Å². The van der Waals surface area contributed by atoms with Crippen LogP contribution in [0.25, 0.3) is 10.2 Å². The maximum atomic E-state index is 13.2. The van der Waals surface area contributed by atoms with Gasteiger partial charge < -0.3 is 19.7 Å². The molecule has 1 N–H and O–H groups in total. The fraction of sp³-hybridized carbons (Fsp3) is 0.417. The Hall–Kier alpha value is -3.40. The molecule has 1 aliphatic rings. The summed E-state index contributed by atoms with van der Waals surface area (Å²) in [7, 11) is 3.06. The average Bonchev–Trinajstić information content (AvgIpc) is 3.18. The first kappa shape index (κ1) is 23.7. The summed E-state index contributed by atoms with van der Waals surface area (Å²) in [5.74, 6) is 1.22. The standard InChI is InChI=1S/C24H28N4O5S/c1-14-7-9-27(10-8-14)19(29)12-28-13-25-23-20(24(28)31)15(2)21(34-23)22(30)26-16-5-6-17(32-3)18(11-16)33-4/h5-6,11,13-14H,7-10,12H2,1-4H3,(H,26,30).